The fraction of sp³-hybridized carbons (Fsp3) is 0.233. The van der Waals surface area contributed by atoms with E-state index in [4.69, 9.17) is 5.10 Å². The molecule has 0 saturated heterocycles. The van der Waals surface area contributed by atoms with Crippen LogP contribution in [-0.2, 0) is 25.8 Å². The molecule has 0 spiro atoms. The molecule has 0 amide bonds. The van der Waals surface area contributed by atoms with E-state index in [1.54, 1.807) is 10.9 Å². The van der Waals surface area contributed by atoms with Crippen LogP contribution < -0.4 is 5.32 Å². The molecule has 0 aliphatic heterocycles. The Bertz CT molecular complexity index is 1360. The summed E-state index contributed by atoms with van der Waals surface area (Å²) in [7, 11) is 0. The number of aromatic nitrogens is 3. The Balaban J connectivity index is 1.10. The molecule has 2 aromatic carbocycles. The highest BCUT2D eigenvalue weighted by Gasteiger charge is 2.27. The largest absolute Gasteiger partial charge is 0.477 e. The van der Waals surface area contributed by atoms with Crippen LogP contribution in [0.3, 0.4) is 0 Å². The van der Waals surface area contributed by atoms with E-state index in [1.807, 2.05) is 30.5 Å². The van der Waals surface area contributed by atoms with Crippen LogP contribution in [0.1, 0.15) is 44.7 Å². The summed E-state index contributed by atoms with van der Waals surface area (Å²) < 4.78 is 1.67. The Morgan fingerprint density at radius 1 is 0.972 bits per heavy atom. The fourth-order valence-corrected chi connectivity index (χ4v) is 4.73. The predicted octanol–water partition coefficient (Wildman–Crippen LogP) is 5.13. The summed E-state index contributed by atoms with van der Waals surface area (Å²) in [5.74, 6) is -0.906. The lowest BCUT2D eigenvalue weighted by atomic mass is 9.90. The van der Waals surface area contributed by atoms with Gasteiger partial charge in [-0.3, -0.25) is 9.67 Å². The standard InChI is InChI=1S/C30H30N4O2/c35-30(36)29-27-14-13-25-21-32-19-16-26(25)28(27)33-34(29)20-4-17-31-18-15-24-11-9-23(10-12-24)8-7-22-5-2-1-3-6-22/h1-3,5-12,16,19,21,31H,4,13-15,17-18,20H2,(H,35,36)/b8-7+. The van der Waals surface area contributed by atoms with Crippen molar-refractivity contribution in [3.05, 3.63) is 107 Å². The molecule has 1 aliphatic carbocycles. The van der Waals surface area contributed by atoms with Crippen molar-refractivity contribution >= 4 is 18.1 Å². The maximum absolute atomic E-state index is 12.0. The van der Waals surface area contributed by atoms with Crippen LogP contribution in [0.5, 0.6) is 0 Å². The number of carboxylic acid groups (broad SMARTS) is 1. The molecule has 36 heavy (non-hydrogen) atoms. The number of benzene rings is 2. The highest BCUT2D eigenvalue weighted by Crippen LogP contribution is 2.34. The number of pyridine rings is 1. The van der Waals surface area contributed by atoms with Crippen LogP contribution in [-0.4, -0.2) is 38.9 Å². The van der Waals surface area contributed by atoms with Gasteiger partial charge in [-0.05, 0) is 67.1 Å². The summed E-state index contributed by atoms with van der Waals surface area (Å²) in [4.78, 5) is 16.2. The number of aromatic carboxylic acids is 1. The van der Waals surface area contributed by atoms with Crippen molar-refractivity contribution < 1.29 is 9.90 Å². The molecule has 2 N–H and O–H groups in total. The molecule has 1 aliphatic rings. The Kier molecular flexibility index (Phi) is 7.33. The maximum Gasteiger partial charge on any atom is 0.354 e. The molecular formula is C30H30N4O2. The molecule has 2 aromatic heterocycles. The van der Waals surface area contributed by atoms with Gasteiger partial charge in [-0.25, -0.2) is 4.79 Å². The summed E-state index contributed by atoms with van der Waals surface area (Å²) in [5, 5.41) is 18.0. The maximum atomic E-state index is 12.0. The molecule has 6 nitrogen and oxygen atoms in total. The van der Waals surface area contributed by atoms with E-state index >= 15 is 0 Å². The lowest BCUT2D eigenvalue weighted by Crippen LogP contribution is -2.21. The number of carbonyl (C=O) groups is 1. The Morgan fingerprint density at radius 3 is 2.53 bits per heavy atom. The van der Waals surface area contributed by atoms with Crippen molar-refractivity contribution in [2.45, 2.75) is 32.2 Å². The number of hydrogen-bond donors (Lipinski definition) is 2. The minimum atomic E-state index is -0.906. The van der Waals surface area contributed by atoms with Crippen molar-refractivity contribution in [3.8, 4) is 11.3 Å². The van der Waals surface area contributed by atoms with Gasteiger partial charge in [-0.2, -0.15) is 5.10 Å². The van der Waals surface area contributed by atoms with Crippen molar-refractivity contribution in [2.24, 2.45) is 0 Å². The molecule has 0 unspecified atom stereocenters. The topological polar surface area (TPSA) is 80.0 Å². The zero-order valence-corrected chi connectivity index (χ0v) is 20.2. The summed E-state index contributed by atoms with van der Waals surface area (Å²) in [6.45, 7) is 2.26. The lowest BCUT2D eigenvalue weighted by molar-refractivity contribution is 0.0681. The number of carboxylic acids is 1. The second-order valence-corrected chi connectivity index (χ2v) is 9.08. The first-order valence-electron chi connectivity index (χ1n) is 12.5. The molecule has 0 saturated carbocycles. The number of aryl methyl sites for hydroxylation is 2. The third-order valence-electron chi connectivity index (χ3n) is 6.62. The van der Waals surface area contributed by atoms with Crippen LogP contribution in [0, 0.1) is 0 Å². The molecule has 0 bridgehead atoms. The highest BCUT2D eigenvalue weighted by molar-refractivity contribution is 5.90. The SMILES string of the molecule is O=C(O)c1c2c(nn1CCCNCCc1ccc(/C=C/c3ccccc3)cc1)-c1ccncc1CC2. The normalized spacial score (nSPS) is 12.4. The summed E-state index contributed by atoms with van der Waals surface area (Å²) in [6, 6.07) is 20.9. The average molecular weight is 479 g/mol. The predicted molar refractivity (Wildman–Crippen MR) is 143 cm³/mol. The lowest BCUT2D eigenvalue weighted by Gasteiger charge is -2.14. The van der Waals surface area contributed by atoms with E-state index in [1.165, 1.54) is 16.7 Å². The molecule has 0 atom stereocenters. The number of nitrogens with zero attached hydrogens (tertiary/aromatic N) is 3. The first kappa shape index (κ1) is 23.7. The third-order valence-corrected chi connectivity index (χ3v) is 6.62. The Labute approximate surface area is 211 Å². The van der Waals surface area contributed by atoms with E-state index in [9.17, 15) is 9.90 Å². The van der Waals surface area contributed by atoms with Gasteiger partial charge in [0, 0.05) is 30.1 Å². The van der Waals surface area contributed by atoms with E-state index in [0.717, 1.165) is 54.7 Å². The molecule has 182 valence electrons. The molecule has 2 heterocycles. The molecule has 0 radical (unpaired) electrons. The second-order valence-electron chi connectivity index (χ2n) is 9.08. The van der Waals surface area contributed by atoms with Crippen molar-refractivity contribution in [2.75, 3.05) is 13.1 Å². The smallest absolute Gasteiger partial charge is 0.354 e. The van der Waals surface area contributed by atoms with Crippen LogP contribution in [0.25, 0.3) is 23.4 Å². The van der Waals surface area contributed by atoms with Gasteiger partial charge in [0.25, 0.3) is 0 Å². The molecule has 6 heteroatoms. The van der Waals surface area contributed by atoms with Crippen LogP contribution >= 0.6 is 0 Å². The van der Waals surface area contributed by atoms with Gasteiger partial charge in [0.05, 0.1) is 5.69 Å². The molecular weight excluding hydrogens is 448 g/mol. The van der Waals surface area contributed by atoms with E-state index in [0.29, 0.717) is 18.7 Å². The van der Waals surface area contributed by atoms with Crippen molar-refractivity contribution in [1.29, 1.82) is 0 Å². The monoisotopic (exact) mass is 478 g/mol. The Morgan fingerprint density at radius 2 is 1.75 bits per heavy atom. The number of rotatable bonds is 10. The average Bonchev–Trinajstić information content (AvgIpc) is 3.30. The van der Waals surface area contributed by atoms with Gasteiger partial charge in [-0.1, -0.05) is 66.7 Å². The summed E-state index contributed by atoms with van der Waals surface area (Å²) >= 11 is 0. The van der Waals surface area contributed by atoms with Gasteiger partial charge in [-0.15, -0.1) is 0 Å². The fourth-order valence-electron chi connectivity index (χ4n) is 4.73. The summed E-state index contributed by atoms with van der Waals surface area (Å²) in [5.41, 5.74) is 7.78. The van der Waals surface area contributed by atoms with Gasteiger partial charge in [0.15, 0.2) is 0 Å². The molecule has 4 aromatic rings. The third kappa shape index (κ3) is 5.44. The number of nitrogens with one attached hydrogen (secondary N) is 1. The summed E-state index contributed by atoms with van der Waals surface area (Å²) in [6.07, 6.45) is 11.1. The van der Waals surface area contributed by atoms with E-state index < -0.39 is 5.97 Å². The van der Waals surface area contributed by atoms with Crippen LogP contribution in [0.4, 0.5) is 0 Å². The second kappa shape index (κ2) is 11.1. The van der Waals surface area contributed by atoms with Crippen molar-refractivity contribution in [1.82, 2.24) is 20.1 Å². The highest BCUT2D eigenvalue weighted by atomic mass is 16.4. The number of fused-ring (bicyclic) bond motifs is 3. The number of hydrogen-bond acceptors (Lipinski definition) is 4. The minimum Gasteiger partial charge on any atom is -0.477 e. The van der Waals surface area contributed by atoms with Gasteiger partial charge in [0.1, 0.15) is 5.69 Å². The zero-order valence-electron chi connectivity index (χ0n) is 20.2. The first-order valence-corrected chi connectivity index (χ1v) is 12.5. The zero-order chi connectivity index (χ0) is 24.7. The van der Waals surface area contributed by atoms with Gasteiger partial charge < -0.3 is 10.4 Å². The molecule has 5 rings (SSSR count). The first-order chi connectivity index (χ1) is 17.7. The van der Waals surface area contributed by atoms with Gasteiger partial charge in [0.2, 0.25) is 0 Å². The van der Waals surface area contributed by atoms with Crippen LogP contribution in [0.2, 0.25) is 0 Å². The quantitative estimate of drug-likeness (QED) is 0.244. The van der Waals surface area contributed by atoms with Gasteiger partial charge >= 0.3 is 5.97 Å². The van der Waals surface area contributed by atoms with E-state index in [2.05, 4.69) is 58.9 Å². The van der Waals surface area contributed by atoms with E-state index in [-0.39, 0.29) is 0 Å². The minimum absolute atomic E-state index is 0.328. The van der Waals surface area contributed by atoms with Crippen molar-refractivity contribution in [3.63, 3.8) is 0 Å². The molecule has 0 fully saturated rings. The van der Waals surface area contributed by atoms with Crippen LogP contribution in [0.15, 0.2) is 73.1 Å². The Hall–Kier alpha value is -4.03.